The number of nitrogens with zero attached hydrogens (tertiary/aromatic N) is 3. The van der Waals surface area contributed by atoms with Crippen molar-refractivity contribution in [3.05, 3.63) is 77.4 Å². The number of esters is 1. The minimum atomic E-state index is -0.663. The van der Waals surface area contributed by atoms with Crippen LogP contribution in [0.4, 0.5) is 10.1 Å². The standard InChI is InChI=1S/C22H20FN3O3/c1-15-17(13-24-26(15)20-11-5-3-9-18(20)23)22(28)29-14-21(27)25-12-6-8-16-7-2-4-10-19(16)25/h2-5,7,9-11,13H,6,8,12,14H2,1H3. The van der Waals surface area contributed by atoms with E-state index in [0.29, 0.717) is 12.2 Å². The fraction of sp³-hybridized carbons (Fsp3) is 0.227. The van der Waals surface area contributed by atoms with Gasteiger partial charge < -0.3 is 9.64 Å². The summed E-state index contributed by atoms with van der Waals surface area (Å²) in [6.45, 7) is 1.88. The zero-order valence-corrected chi connectivity index (χ0v) is 16.0. The molecule has 0 fully saturated rings. The highest BCUT2D eigenvalue weighted by molar-refractivity contribution is 5.98. The highest BCUT2D eigenvalue weighted by atomic mass is 19.1. The van der Waals surface area contributed by atoms with Gasteiger partial charge in [0.25, 0.3) is 5.91 Å². The van der Waals surface area contributed by atoms with Crippen LogP contribution in [0.1, 0.15) is 28.0 Å². The summed E-state index contributed by atoms with van der Waals surface area (Å²) in [7, 11) is 0. The Morgan fingerprint density at radius 1 is 1.10 bits per heavy atom. The normalized spacial score (nSPS) is 13.1. The minimum absolute atomic E-state index is 0.195. The van der Waals surface area contributed by atoms with Gasteiger partial charge in [-0.05, 0) is 43.5 Å². The van der Waals surface area contributed by atoms with Crippen molar-refractivity contribution < 1.29 is 18.7 Å². The van der Waals surface area contributed by atoms with Crippen LogP contribution in [0.3, 0.4) is 0 Å². The van der Waals surface area contributed by atoms with E-state index in [1.165, 1.54) is 16.9 Å². The second-order valence-corrected chi connectivity index (χ2v) is 6.86. The van der Waals surface area contributed by atoms with E-state index >= 15 is 0 Å². The lowest BCUT2D eigenvalue weighted by Gasteiger charge is -2.29. The van der Waals surface area contributed by atoms with Crippen molar-refractivity contribution in [2.75, 3.05) is 18.1 Å². The van der Waals surface area contributed by atoms with E-state index < -0.39 is 11.8 Å². The molecule has 6 nitrogen and oxygen atoms in total. The Bertz CT molecular complexity index is 1080. The van der Waals surface area contributed by atoms with Gasteiger partial charge in [0.05, 0.1) is 11.9 Å². The van der Waals surface area contributed by atoms with Crippen LogP contribution in [0.2, 0.25) is 0 Å². The first kappa shape index (κ1) is 18.9. The molecular weight excluding hydrogens is 373 g/mol. The molecule has 0 radical (unpaired) electrons. The third-order valence-corrected chi connectivity index (χ3v) is 5.05. The van der Waals surface area contributed by atoms with Gasteiger partial charge in [0, 0.05) is 12.2 Å². The van der Waals surface area contributed by atoms with Crippen LogP contribution in [0, 0.1) is 12.7 Å². The predicted molar refractivity (Wildman–Crippen MR) is 106 cm³/mol. The van der Waals surface area contributed by atoms with E-state index in [2.05, 4.69) is 5.10 Å². The average Bonchev–Trinajstić information content (AvgIpc) is 3.13. The van der Waals surface area contributed by atoms with Crippen LogP contribution >= 0.6 is 0 Å². The number of amides is 1. The lowest BCUT2D eigenvalue weighted by molar-refractivity contribution is -0.121. The molecule has 0 spiro atoms. The van der Waals surface area contributed by atoms with Crippen molar-refractivity contribution in [2.45, 2.75) is 19.8 Å². The van der Waals surface area contributed by atoms with Crippen molar-refractivity contribution in [1.82, 2.24) is 9.78 Å². The molecule has 0 saturated heterocycles. The summed E-state index contributed by atoms with van der Waals surface area (Å²) in [6.07, 6.45) is 3.12. The molecule has 7 heteroatoms. The number of hydrogen-bond donors (Lipinski definition) is 0. The Labute approximate surface area is 167 Å². The Morgan fingerprint density at radius 2 is 1.83 bits per heavy atom. The van der Waals surface area contributed by atoms with Gasteiger partial charge in [0.15, 0.2) is 6.61 Å². The monoisotopic (exact) mass is 393 g/mol. The van der Waals surface area contributed by atoms with Crippen LogP contribution in [-0.4, -0.2) is 34.8 Å². The molecule has 0 aliphatic carbocycles. The number of aromatic nitrogens is 2. The first-order valence-corrected chi connectivity index (χ1v) is 9.41. The number of fused-ring (bicyclic) bond motifs is 1. The Balaban J connectivity index is 1.46. The number of rotatable bonds is 4. The molecule has 4 rings (SSSR count). The quantitative estimate of drug-likeness (QED) is 0.637. The molecule has 0 atom stereocenters. The molecule has 148 valence electrons. The molecule has 0 N–H and O–H groups in total. The number of carbonyl (C=O) groups excluding carboxylic acids is 2. The highest BCUT2D eigenvalue weighted by Gasteiger charge is 2.24. The van der Waals surface area contributed by atoms with Crippen molar-refractivity contribution >= 4 is 17.6 Å². The van der Waals surface area contributed by atoms with Crippen LogP contribution in [0.5, 0.6) is 0 Å². The summed E-state index contributed by atoms with van der Waals surface area (Å²) in [5.41, 5.74) is 2.85. The third kappa shape index (κ3) is 3.63. The van der Waals surface area contributed by atoms with Crippen molar-refractivity contribution in [2.24, 2.45) is 0 Å². The zero-order chi connectivity index (χ0) is 20.4. The molecule has 1 aliphatic rings. The van der Waals surface area contributed by atoms with Crippen LogP contribution < -0.4 is 4.90 Å². The highest BCUT2D eigenvalue weighted by Crippen LogP contribution is 2.26. The summed E-state index contributed by atoms with van der Waals surface area (Å²) in [6, 6.07) is 13.9. The number of carbonyl (C=O) groups is 2. The largest absolute Gasteiger partial charge is 0.452 e. The van der Waals surface area contributed by atoms with E-state index in [1.807, 2.05) is 24.3 Å². The van der Waals surface area contributed by atoms with Gasteiger partial charge in [0.1, 0.15) is 17.1 Å². The second kappa shape index (κ2) is 7.87. The maximum Gasteiger partial charge on any atom is 0.342 e. The summed E-state index contributed by atoms with van der Waals surface area (Å²) in [4.78, 5) is 26.8. The fourth-order valence-electron chi connectivity index (χ4n) is 3.55. The van der Waals surface area contributed by atoms with Gasteiger partial charge in [-0.15, -0.1) is 0 Å². The number of halogens is 1. The van der Waals surface area contributed by atoms with Gasteiger partial charge in [-0.2, -0.15) is 5.10 Å². The average molecular weight is 393 g/mol. The van der Waals surface area contributed by atoms with Crippen molar-refractivity contribution in [1.29, 1.82) is 0 Å². The summed E-state index contributed by atoms with van der Waals surface area (Å²) in [5.74, 6) is -1.38. The lowest BCUT2D eigenvalue weighted by Crippen LogP contribution is -2.38. The van der Waals surface area contributed by atoms with Crippen LogP contribution in [0.25, 0.3) is 5.69 Å². The number of ether oxygens (including phenoxy) is 1. The zero-order valence-electron chi connectivity index (χ0n) is 16.0. The number of hydrogen-bond acceptors (Lipinski definition) is 4. The molecule has 0 saturated carbocycles. The van der Waals surface area contributed by atoms with Gasteiger partial charge >= 0.3 is 5.97 Å². The molecule has 3 aromatic rings. The number of para-hydroxylation sites is 2. The first-order chi connectivity index (χ1) is 14.1. The lowest BCUT2D eigenvalue weighted by atomic mass is 10.0. The van der Waals surface area contributed by atoms with Crippen LogP contribution in [0.15, 0.2) is 54.7 Å². The van der Waals surface area contributed by atoms with E-state index in [9.17, 15) is 14.0 Å². The van der Waals surface area contributed by atoms with Crippen molar-refractivity contribution in [3.8, 4) is 5.69 Å². The smallest absolute Gasteiger partial charge is 0.342 e. The van der Waals surface area contributed by atoms with E-state index in [0.717, 1.165) is 24.1 Å². The molecule has 1 amide bonds. The molecular formula is C22H20FN3O3. The van der Waals surface area contributed by atoms with Gasteiger partial charge in [-0.3, -0.25) is 4.79 Å². The number of benzene rings is 2. The molecule has 29 heavy (non-hydrogen) atoms. The summed E-state index contributed by atoms with van der Waals surface area (Å²) < 4.78 is 20.6. The molecule has 1 aliphatic heterocycles. The Hall–Kier alpha value is -3.48. The van der Waals surface area contributed by atoms with Gasteiger partial charge in [-0.1, -0.05) is 30.3 Å². The third-order valence-electron chi connectivity index (χ3n) is 5.05. The number of aryl methyl sites for hydroxylation is 1. The predicted octanol–water partition coefficient (Wildman–Crippen LogP) is 3.46. The van der Waals surface area contributed by atoms with E-state index in [4.69, 9.17) is 4.74 Å². The molecule has 1 aromatic heterocycles. The Morgan fingerprint density at radius 3 is 2.62 bits per heavy atom. The minimum Gasteiger partial charge on any atom is -0.452 e. The molecule has 0 unspecified atom stereocenters. The summed E-state index contributed by atoms with van der Waals surface area (Å²) >= 11 is 0. The van der Waals surface area contributed by atoms with Gasteiger partial charge in [-0.25, -0.2) is 13.9 Å². The topological polar surface area (TPSA) is 64.4 Å². The fourth-order valence-corrected chi connectivity index (χ4v) is 3.55. The second-order valence-electron chi connectivity index (χ2n) is 6.86. The molecule has 0 bridgehead atoms. The SMILES string of the molecule is Cc1c(C(=O)OCC(=O)N2CCCc3ccccc32)cnn1-c1ccccc1F. The Kier molecular flexibility index (Phi) is 5.12. The van der Waals surface area contributed by atoms with E-state index in [1.54, 1.807) is 30.0 Å². The van der Waals surface area contributed by atoms with Gasteiger partial charge in [0.2, 0.25) is 0 Å². The maximum atomic E-state index is 14.0. The maximum absolute atomic E-state index is 14.0. The van der Waals surface area contributed by atoms with Crippen molar-refractivity contribution in [3.63, 3.8) is 0 Å². The first-order valence-electron chi connectivity index (χ1n) is 9.41. The molecule has 2 heterocycles. The molecule has 2 aromatic carbocycles. The van der Waals surface area contributed by atoms with Crippen LogP contribution in [-0.2, 0) is 16.0 Å². The number of anilines is 1. The summed E-state index contributed by atoms with van der Waals surface area (Å²) in [5, 5.41) is 4.10. The van der Waals surface area contributed by atoms with E-state index in [-0.39, 0.29) is 23.8 Å².